The normalized spacial score (nSPS) is 11.0. The molecule has 0 rings (SSSR count). The number of hydrogen-bond acceptors (Lipinski definition) is 2. The van der Waals surface area contributed by atoms with Crippen molar-refractivity contribution in [3.05, 3.63) is 0 Å². The van der Waals surface area contributed by atoms with Crippen LogP contribution in [0.1, 0.15) is 13.8 Å². The third kappa shape index (κ3) is 5.43. The first-order valence-corrected chi connectivity index (χ1v) is 2.59. The lowest BCUT2D eigenvalue weighted by atomic mass is 10.5. The van der Waals surface area contributed by atoms with Crippen LogP contribution >= 0.6 is 0 Å². The first-order valence-electron chi connectivity index (χ1n) is 2.59. The molecule has 0 aliphatic carbocycles. The summed E-state index contributed by atoms with van der Waals surface area (Å²) < 4.78 is 0. The molecule has 3 heteroatoms. The Morgan fingerprint density at radius 1 is 1.62 bits per heavy atom. The van der Waals surface area contributed by atoms with Crippen LogP contribution in [-0.2, 0) is 4.84 Å². The second kappa shape index (κ2) is 4.59. The highest BCUT2D eigenvalue weighted by atomic mass is 16.7. The van der Waals surface area contributed by atoms with Gasteiger partial charge in [-0.2, -0.15) is 0 Å². The predicted octanol–water partition coefficient (Wildman–Crippen LogP) is 0.574. The molecule has 0 fully saturated rings. The van der Waals surface area contributed by atoms with E-state index in [1.165, 1.54) is 6.34 Å². The van der Waals surface area contributed by atoms with E-state index in [0.717, 1.165) is 0 Å². The number of aliphatic imine (C=N–C) groups is 1. The zero-order valence-corrected chi connectivity index (χ0v) is 5.51. The van der Waals surface area contributed by atoms with Gasteiger partial charge in [-0.1, -0.05) is 0 Å². The fourth-order valence-electron chi connectivity index (χ4n) is 0.219. The Balaban J connectivity index is 2.93. The Bertz CT molecular complexity index is 70.8. The summed E-state index contributed by atoms with van der Waals surface area (Å²) in [5.74, 6) is 0. The fraction of sp³-hybridized carbons (Fsp3) is 0.800. The molecule has 0 saturated carbocycles. The molecule has 0 aromatic carbocycles. The van der Waals surface area contributed by atoms with Gasteiger partial charge in [0.1, 0.15) is 6.34 Å². The first kappa shape index (κ1) is 7.43. The SMILES string of the molecule is CN=CNOC(C)C. The quantitative estimate of drug-likeness (QED) is 0.332. The van der Waals surface area contributed by atoms with E-state index in [1.807, 2.05) is 13.8 Å². The second-order valence-corrected chi connectivity index (χ2v) is 1.67. The number of hydroxylamine groups is 1. The molecule has 0 aliphatic heterocycles. The Kier molecular flexibility index (Phi) is 4.26. The Labute approximate surface area is 49.7 Å². The van der Waals surface area contributed by atoms with Crippen LogP contribution < -0.4 is 5.48 Å². The molecule has 3 nitrogen and oxygen atoms in total. The van der Waals surface area contributed by atoms with E-state index in [1.54, 1.807) is 7.05 Å². The van der Waals surface area contributed by atoms with E-state index in [9.17, 15) is 0 Å². The van der Waals surface area contributed by atoms with Gasteiger partial charge in [-0.25, -0.2) is 0 Å². The average Bonchev–Trinajstić information content (AvgIpc) is 1.66. The summed E-state index contributed by atoms with van der Waals surface area (Å²) in [4.78, 5) is 8.53. The van der Waals surface area contributed by atoms with Crippen molar-refractivity contribution in [2.24, 2.45) is 4.99 Å². The van der Waals surface area contributed by atoms with E-state index < -0.39 is 0 Å². The van der Waals surface area contributed by atoms with Gasteiger partial charge in [-0.05, 0) is 13.8 Å². The van der Waals surface area contributed by atoms with Crippen LogP contribution in [0.2, 0.25) is 0 Å². The van der Waals surface area contributed by atoms with Crippen molar-refractivity contribution in [1.82, 2.24) is 5.48 Å². The first-order chi connectivity index (χ1) is 3.77. The molecule has 0 heterocycles. The van der Waals surface area contributed by atoms with E-state index in [-0.39, 0.29) is 6.10 Å². The van der Waals surface area contributed by atoms with E-state index in [4.69, 9.17) is 4.84 Å². The molecule has 0 atom stereocenters. The van der Waals surface area contributed by atoms with Crippen molar-refractivity contribution >= 4 is 6.34 Å². The highest BCUT2D eigenvalue weighted by Crippen LogP contribution is 1.78. The van der Waals surface area contributed by atoms with Gasteiger partial charge in [-0.15, -0.1) is 0 Å². The van der Waals surface area contributed by atoms with E-state index in [2.05, 4.69) is 10.5 Å². The molecule has 0 amide bonds. The van der Waals surface area contributed by atoms with Crippen LogP contribution in [0.3, 0.4) is 0 Å². The highest BCUT2D eigenvalue weighted by Gasteiger charge is 1.85. The maximum atomic E-state index is 4.88. The Hall–Kier alpha value is -0.570. The molecule has 0 saturated heterocycles. The number of hydrogen-bond donors (Lipinski definition) is 1. The van der Waals surface area contributed by atoms with Crippen molar-refractivity contribution in [2.75, 3.05) is 7.05 Å². The minimum Gasteiger partial charge on any atom is -0.277 e. The fourth-order valence-corrected chi connectivity index (χ4v) is 0.219. The number of nitrogens with one attached hydrogen (secondary N) is 1. The smallest absolute Gasteiger partial charge is 0.106 e. The monoisotopic (exact) mass is 116 g/mol. The molecule has 0 radical (unpaired) electrons. The molecule has 8 heavy (non-hydrogen) atoms. The van der Waals surface area contributed by atoms with Crippen molar-refractivity contribution < 1.29 is 4.84 Å². The molecule has 0 aromatic rings. The second-order valence-electron chi connectivity index (χ2n) is 1.67. The molecular formula is C5H12N2O. The van der Waals surface area contributed by atoms with Gasteiger partial charge in [-0.3, -0.25) is 15.3 Å². The van der Waals surface area contributed by atoms with Gasteiger partial charge >= 0.3 is 0 Å². The molecule has 1 N–H and O–H groups in total. The number of nitrogens with zero attached hydrogens (tertiary/aromatic N) is 1. The van der Waals surface area contributed by atoms with Gasteiger partial charge in [0.2, 0.25) is 0 Å². The predicted molar refractivity (Wildman–Crippen MR) is 33.8 cm³/mol. The third-order valence-corrected chi connectivity index (χ3v) is 0.486. The Morgan fingerprint density at radius 2 is 2.25 bits per heavy atom. The third-order valence-electron chi connectivity index (χ3n) is 0.486. The highest BCUT2D eigenvalue weighted by molar-refractivity contribution is 5.52. The van der Waals surface area contributed by atoms with E-state index in [0.29, 0.717) is 0 Å². The lowest BCUT2D eigenvalue weighted by Gasteiger charge is -2.02. The van der Waals surface area contributed by atoms with Gasteiger partial charge in [0.05, 0.1) is 6.10 Å². The minimum atomic E-state index is 0.202. The summed E-state index contributed by atoms with van der Waals surface area (Å²) in [5.41, 5.74) is 2.54. The topological polar surface area (TPSA) is 33.6 Å². The van der Waals surface area contributed by atoms with Gasteiger partial charge in [0, 0.05) is 7.05 Å². The average molecular weight is 116 g/mol. The molecule has 0 unspecified atom stereocenters. The van der Waals surface area contributed by atoms with Crippen LogP contribution in [0.15, 0.2) is 4.99 Å². The standard InChI is InChI=1S/C5H12N2O/c1-5(2)8-7-4-6-3/h4-5H,1-3H3,(H,6,7). The minimum absolute atomic E-state index is 0.202. The van der Waals surface area contributed by atoms with Crippen molar-refractivity contribution in [1.29, 1.82) is 0 Å². The van der Waals surface area contributed by atoms with Crippen LogP contribution in [0, 0.1) is 0 Å². The lowest BCUT2D eigenvalue weighted by Crippen LogP contribution is -2.17. The molecule has 48 valence electrons. The molecule has 0 spiro atoms. The van der Waals surface area contributed by atoms with Gasteiger partial charge in [0.15, 0.2) is 0 Å². The van der Waals surface area contributed by atoms with Gasteiger partial charge in [0.25, 0.3) is 0 Å². The van der Waals surface area contributed by atoms with Crippen molar-refractivity contribution in [3.63, 3.8) is 0 Å². The van der Waals surface area contributed by atoms with Crippen LogP contribution in [0.4, 0.5) is 0 Å². The maximum Gasteiger partial charge on any atom is 0.106 e. The maximum absolute atomic E-state index is 4.88. The summed E-state index contributed by atoms with van der Waals surface area (Å²) in [7, 11) is 1.68. The molecular weight excluding hydrogens is 104 g/mol. The van der Waals surface area contributed by atoms with Crippen LogP contribution in [0.25, 0.3) is 0 Å². The zero-order valence-electron chi connectivity index (χ0n) is 5.51. The van der Waals surface area contributed by atoms with Crippen LogP contribution in [0.5, 0.6) is 0 Å². The largest absolute Gasteiger partial charge is 0.277 e. The molecule has 0 aliphatic rings. The summed E-state index contributed by atoms with van der Waals surface area (Å²) in [6.45, 7) is 3.88. The van der Waals surface area contributed by atoms with E-state index >= 15 is 0 Å². The molecule has 0 bridgehead atoms. The summed E-state index contributed by atoms with van der Waals surface area (Å²) in [5, 5.41) is 0. The Morgan fingerprint density at radius 3 is 2.62 bits per heavy atom. The summed E-state index contributed by atoms with van der Waals surface area (Å²) in [6, 6.07) is 0. The number of rotatable bonds is 3. The van der Waals surface area contributed by atoms with Crippen LogP contribution in [-0.4, -0.2) is 19.5 Å². The van der Waals surface area contributed by atoms with Gasteiger partial charge < -0.3 is 0 Å². The molecule has 0 aromatic heterocycles. The van der Waals surface area contributed by atoms with Crippen molar-refractivity contribution in [2.45, 2.75) is 20.0 Å². The lowest BCUT2D eigenvalue weighted by molar-refractivity contribution is 0.0361. The van der Waals surface area contributed by atoms with Crippen molar-refractivity contribution in [3.8, 4) is 0 Å². The summed E-state index contributed by atoms with van der Waals surface area (Å²) in [6.07, 6.45) is 1.70. The summed E-state index contributed by atoms with van der Waals surface area (Å²) >= 11 is 0. The zero-order chi connectivity index (χ0) is 6.41.